The van der Waals surface area contributed by atoms with Crippen molar-refractivity contribution >= 4 is 50.9 Å². The fraction of sp³-hybridized carbons (Fsp3) is 0.0690. The normalized spacial score (nSPS) is 10.2. The van der Waals surface area contributed by atoms with Gasteiger partial charge in [0, 0.05) is 34.9 Å². The van der Waals surface area contributed by atoms with Crippen molar-refractivity contribution in [3.05, 3.63) is 115 Å². The Morgan fingerprint density at radius 3 is 2.06 bits per heavy atom. The SMILES string of the molecule is C=Cc1cc2c(s1)c1ccccc1n2-c1ccccc1.C=N/C=C\C.CNc1ccccc1. The summed E-state index contributed by atoms with van der Waals surface area (Å²) in [7, 11) is 1.91. The number of anilines is 1. The highest BCUT2D eigenvalue weighted by Crippen LogP contribution is 2.37. The Kier molecular flexibility index (Phi) is 8.80. The molecule has 0 radical (unpaired) electrons. The summed E-state index contributed by atoms with van der Waals surface area (Å²) in [6.45, 7) is 9.00. The molecular formula is C29H29N3S. The van der Waals surface area contributed by atoms with Gasteiger partial charge in [0.1, 0.15) is 0 Å². The van der Waals surface area contributed by atoms with Gasteiger partial charge < -0.3 is 9.88 Å². The van der Waals surface area contributed by atoms with Gasteiger partial charge in [-0.25, -0.2) is 0 Å². The van der Waals surface area contributed by atoms with Gasteiger partial charge in [0.15, 0.2) is 0 Å². The van der Waals surface area contributed by atoms with Crippen molar-refractivity contribution in [3.63, 3.8) is 0 Å². The Balaban J connectivity index is 0.000000195. The fourth-order valence-electron chi connectivity index (χ4n) is 3.42. The van der Waals surface area contributed by atoms with Crippen LogP contribution in [-0.4, -0.2) is 18.3 Å². The van der Waals surface area contributed by atoms with E-state index in [1.165, 1.54) is 31.7 Å². The fourth-order valence-corrected chi connectivity index (χ4v) is 4.44. The maximum Gasteiger partial charge on any atom is 0.0655 e. The molecule has 166 valence electrons. The first-order chi connectivity index (χ1) is 16.2. The zero-order valence-electron chi connectivity index (χ0n) is 19.1. The average Bonchev–Trinajstić information content (AvgIpc) is 3.43. The second-order valence-corrected chi connectivity index (χ2v) is 8.12. The van der Waals surface area contributed by atoms with Crippen LogP contribution in [0.15, 0.2) is 115 Å². The van der Waals surface area contributed by atoms with Gasteiger partial charge in [-0.15, -0.1) is 11.3 Å². The van der Waals surface area contributed by atoms with E-state index < -0.39 is 0 Å². The predicted octanol–water partition coefficient (Wildman–Crippen LogP) is 8.44. The number of thiophene rings is 1. The van der Waals surface area contributed by atoms with Crippen molar-refractivity contribution in [2.45, 2.75) is 6.92 Å². The highest BCUT2D eigenvalue weighted by Gasteiger charge is 2.13. The van der Waals surface area contributed by atoms with Crippen molar-refractivity contribution in [2.24, 2.45) is 4.99 Å². The highest BCUT2D eigenvalue weighted by molar-refractivity contribution is 7.20. The molecule has 3 nitrogen and oxygen atoms in total. The number of fused-ring (bicyclic) bond motifs is 3. The van der Waals surface area contributed by atoms with E-state index in [-0.39, 0.29) is 0 Å². The third kappa shape index (κ3) is 5.88. The number of aliphatic imine (C=N–C) groups is 1. The Bertz CT molecular complexity index is 1330. The topological polar surface area (TPSA) is 29.3 Å². The van der Waals surface area contributed by atoms with E-state index in [4.69, 9.17) is 0 Å². The first-order valence-electron chi connectivity index (χ1n) is 10.7. The van der Waals surface area contributed by atoms with Gasteiger partial charge in [-0.2, -0.15) is 0 Å². The molecular weight excluding hydrogens is 422 g/mol. The number of aromatic nitrogens is 1. The Morgan fingerprint density at radius 1 is 0.879 bits per heavy atom. The summed E-state index contributed by atoms with van der Waals surface area (Å²) in [5.74, 6) is 0. The van der Waals surface area contributed by atoms with Crippen molar-refractivity contribution in [1.29, 1.82) is 0 Å². The quantitative estimate of drug-likeness (QED) is 0.273. The molecule has 0 amide bonds. The van der Waals surface area contributed by atoms with Gasteiger partial charge in [0.2, 0.25) is 0 Å². The largest absolute Gasteiger partial charge is 0.388 e. The minimum Gasteiger partial charge on any atom is -0.388 e. The summed E-state index contributed by atoms with van der Waals surface area (Å²) in [5, 5.41) is 4.34. The number of hydrogen-bond acceptors (Lipinski definition) is 3. The lowest BCUT2D eigenvalue weighted by atomic mass is 10.2. The van der Waals surface area contributed by atoms with Crippen molar-refractivity contribution in [3.8, 4) is 5.69 Å². The van der Waals surface area contributed by atoms with Crippen LogP contribution in [0.5, 0.6) is 0 Å². The van der Waals surface area contributed by atoms with E-state index in [1.807, 2.05) is 56.5 Å². The molecule has 3 aromatic carbocycles. The van der Waals surface area contributed by atoms with Gasteiger partial charge in [-0.1, -0.05) is 73.3 Å². The molecule has 4 heteroatoms. The minimum atomic E-state index is 1.16. The zero-order chi connectivity index (χ0) is 23.5. The molecule has 0 aliphatic carbocycles. The Labute approximate surface area is 200 Å². The summed E-state index contributed by atoms with van der Waals surface area (Å²) < 4.78 is 3.66. The van der Waals surface area contributed by atoms with E-state index >= 15 is 0 Å². The lowest BCUT2D eigenvalue weighted by Gasteiger charge is -2.06. The molecule has 0 bridgehead atoms. The summed E-state index contributed by atoms with van der Waals surface area (Å²) in [4.78, 5) is 4.64. The van der Waals surface area contributed by atoms with Crippen LogP contribution in [0.25, 0.3) is 32.9 Å². The molecule has 1 N–H and O–H groups in total. The monoisotopic (exact) mass is 451 g/mol. The maximum atomic E-state index is 3.89. The van der Waals surface area contributed by atoms with Crippen molar-refractivity contribution < 1.29 is 0 Å². The maximum absolute atomic E-state index is 3.89. The van der Waals surface area contributed by atoms with Crippen LogP contribution in [0.1, 0.15) is 11.8 Å². The van der Waals surface area contributed by atoms with Crippen LogP contribution in [-0.2, 0) is 0 Å². The number of nitrogens with zero attached hydrogens (tertiary/aromatic N) is 2. The lowest BCUT2D eigenvalue weighted by Crippen LogP contribution is -1.92. The van der Waals surface area contributed by atoms with Crippen molar-refractivity contribution in [2.75, 3.05) is 12.4 Å². The third-order valence-corrected chi connectivity index (χ3v) is 6.05. The second-order valence-electron chi connectivity index (χ2n) is 7.04. The molecule has 2 aromatic heterocycles. The number of para-hydroxylation sites is 3. The molecule has 0 aliphatic rings. The Hall–Kier alpha value is -3.89. The van der Waals surface area contributed by atoms with Crippen LogP contribution in [0.4, 0.5) is 5.69 Å². The van der Waals surface area contributed by atoms with E-state index in [2.05, 4.69) is 88.8 Å². The predicted molar refractivity (Wildman–Crippen MR) is 149 cm³/mol. The van der Waals surface area contributed by atoms with Gasteiger partial charge in [0.05, 0.1) is 15.7 Å². The number of allylic oxidation sites excluding steroid dienone is 1. The summed E-state index contributed by atoms with van der Waals surface area (Å²) in [5.41, 5.74) is 4.88. The molecule has 0 aliphatic heterocycles. The highest BCUT2D eigenvalue weighted by atomic mass is 32.1. The number of hydrogen-bond donors (Lipinski definition) is 1. The molecule has 33 heavy (non-hydrogen) atoms. The number of nitrogens with one attached hydrogen (secondary N) is 1. The Morgan fingerprint density at radius 2 is 1.52 bits per heavy atom. The summed E-state index contributed by atoms with van der Waals surface area (Å²) in [6.07, 6.45) is 5.39. The van der Waals surface area contributed by atoms with Gasteiger partial charge >= 0.3 is 0 Å². The van der Waals surface area contributed by atoms with Crippen LogP contribution in [0.3, 0.4) is 0 Å². The van der Waals surface area contributed by atoms with Gasteiger partial charge in [-0.3, -0.25) is 4.99 Å². The molecule has 0 saturated carbocycles. The third-order valence-electron chi connectivity index (χ3n) is 4.89. The lowest BCUT2D eigenvalue weighted by molar-refractivity contribution is 1.18. The summed E-state index contributed by atoms with van der Waals surface area (Å²) >= 11 is 1.80. The molecule has 0 fully saturated rings. The number of rotatable bonds is 4. The second kappa shape index (κ2) is 12.2. The summed E-state index contributed by atoms with van der Waals surface area (Å²) in [6, 6.07) is 31.4. The first kappa shape index (κ1) is 23.8. The standard InChI is InChI=1S/C18H13NS.C7H9N.C4H7N/c1-2-14-12-17-18(20-14)15-10-6-7-11-16(15)19(17)13-8-4-3-5-9-13;1-8-7-5-3-2-4-6-7;1-3-4-5-2/h2-12H,1H2;2-6,8H,1H3;3-4H,2H2,1H3/b;;4-3-. The first-order valence-corrected chi connectivity index (χ1v) is 11.6. The molecule has 5 aromatic rings. The van der Waals surface area contributed by atoms with Gasteiger partial charge in [0.25, 0.3) is 0 Å². The van der Waals surface area contributed by atoms with Crippen LogP contribution in [0.2, 0.25) is 0 Å². The van der Waals surface area contributed by atoms with Crippen LogP contribution in [0, 0.1) is 0 Å². The van der Waals surface area contributed by atoms with Gasteiger partial charge in [-0.05, 0) is 50.0 Å². The minimum absolute atomic E-state index is 1.16. The molecule has 0 spiro atoms. The average molecular weight is 452 g/mol. The van der Waals surface area contributed by atoms with E-state index in [0.717, 1.165) is 5.69 Å². The molecule has 5 rings (SSSR count). The smallest absolute Gasteiger partial charge is 0.0655 e. The van der Waals surface area contributed by atoms with Crippen LogP contribution >= 0.6 is 11.3 Å². The van der Waals surface area contributed by atoms with E-state index in [1.54, 1.807) is 17.5 Å². The zero-order valence-corrected chi connectivity index (χ0v) is 19.9. The molecule has 0 unspecified atom stereocenters. The van der Waals surface area contributed by atoms with E-state index in [9.17, 15) is 0 Å². The van der Waals surface area contributed by atoms with Crippen LogP contribution < -0.4 is 5.32 Å². The molecule has 2 heterocycles. The van der Waals surface area contributed by atoms with E-state index in [0.29, 0.717) is 0 Å². The molecule has 0 saturated heterocycles. The van der Waals surface area contributed by atoms with Crippen molar-refractivity contribution in [1.82, 2.24) is 4.57 Å². The number of benzene rings is 3. The molecule has 0 atom stereocenters.